The minimum absolute atomic E-state index is 0. The highest BCUT2D eigenvalue weighted by molar-refractivity contribution is 5.90. The van der Waals surface area contributed by atoms with Crippen molar-refractivity contribution in [3.63, 3.8) is 0 Å². The van der Waals surface area contributed by atoms with Crippen LogP contribution in [0, 0.1) is 0 Å². The largest absolute Gasteiger partial charge is 0.465 e. The Labute approximate surface area is 87.6 Å². The lowest BCUT2D eigenvalue weighted by Gasteiger charge is -1.98. The molecule has 1 aromatic rings. The van der Waals surface area contributed by atoms with Crippen LogP contribution in [0.5, 0.6) is 0 Å². The lowest BCUT2D eigenvalue weighted by molar-refractivity contribution is 0.0601. The SMILES string of the molecule is COC(=O)c1ccc(C=NO)cc1.Cl. The second-order valence-corrected chi connectivity index (χ2v) is 2.36. The Morgan fingerprint density at radius 2 is 2.00 bits per heavy atom. The van der Waals surface area contributed by atoms with Crippen molar-refractivity contribution in [1.29, 1.82) is 0 Å². The van der Waals surface area contributed by atoms with E-state index in [1.165, 1.54) is 13.3 Å². The number of halogens is 1. The number of ether oxygens (including phenoxy) is 1. The molecule has 0 atom stereocenters. The second-order valence-electron chi connectivity index (χ2n) is 2.36. The third-order valence-corrected chi connectivity index (χ3v) is 1.54. The summed E-state index contributed by atoms with van der Waals surface area (Å²) in [5.74, 6) is -0.382. The number of nitrogens with zero attached hydrogens (tertiary/aromatic N) is 1. The molecule has 0 aliphatic heterocycles. The van der Waals surface area contributed by atoms with Gasteiger partial charge in [0.1, 0.15) is 0 Å². The maximum Gasteiger partial charge on any atom is 0.337 e. The summed E-state index contributed by atoms with van der Waals surface area (Å²) in [5.41, 5.74) is 1.19. The van der Waals surface area contributed by atoms with Gasteiger partial charge in [-0.05, 0) is 17.7 Å². The van der Waals surface area contributed by atoms with Gasteiger partial charge in [0.15, 0.2) is 0 Å². The molecule has 0 radical (unpaired) electrons. The lowest BCUT2D eigenvalue weighted by Crippen LogP contribution is -2.00. The molecule has 0 amide bonds. The van der Waals surface area contributed by atoms with E-state index in [2.05, 4.69) is 9.89 Å². The van der Waals surface area contributed by atoms with Crippen molar-refractivity contribution < 1.29 is 14.7 Å². The average Bonchev–Trinajstić information content (AvgIpc) is 2.18. The number of hydrogen-bond acceptors (Lipinski definition) is 4. The normalized spacial score (nSPS) is 9.50. The van der Waals surface area contributed by atoms with Crippen LogP contribution >= 0.6 is 12.4 Å². The first-order valence-corrected chi connectivity index (χ1v) is 3.63. The Balaban J connectivity index is 0.00000169. The van der Waals surface area contributed by atoms with Gasteiger partial charge in [0.25, 0.3) is 0 Å². The van der Waals surface area contributed by atoms with Gasteiger partial charge in [0, 0.05) is 0 Å². The Morgan fingerprint density at radius 1 is 1.43 bits per heavy atom. The summed E-state index contributed by atoms with van der Waals surface area (Å²) >= 11 is 0. The Morgan fingerprint density at radius 3 is 2.43 bits per heavy atom. The number of carbonyl (C=O) groups is 1. The quantitative estimate of drug-likeness (QED) is 0.354. The Kier molecular flexibility index (Phi) is 5.33. The molecule has 14 heavy (non-hydrogen) atoms. The van der Waals surface area contributed by atoms with Gasteiger partial charge in [0.05, 0.1) is 18.9 Å². The molecule has 1 aromatic carbocycles. The summed E-state index contributed by atoms with van der Waals surface area (Å²) in [6.45, 7) is 0. The van der Waals surface area contributed by atoms with Gasteiger partial charge in [-0.25, -0.2) is 4.79 Å². The van der Waals surface area contributed by atoms with Crippen LogP contribution in [0.25, 0.3) is 0 Å². The maximum absolute atomic E-state index is 11.0. The minimum Gasteiger partial charge on any atom is -0.465 e. The topological polar surface area (TPSA) is 58.9 Å². The Hall–Kier alpha value is -1.55. The van der Waals surface area contributed by atoms with Crippen LogP contribution in [-0.2, 0) is 4.74 Å². The average molecular weight is 216 g/mol. The summed E-state index contributed by atoms with van der Waals surface area (Å²) in [5, 5.41) is 11.1. The standard InChI is InChI=1S/C9H9NO3.ClH/c1-13-9(11)8-4-2-7(3-5-8)6-10-12;/h2-6,12H,1H3;1H. The van der Waals surface area contributed by atoms with E-state index in [1.54, 1.807) is 24.3 Å². The molecule has 0 fully saturated rings. The predicted molar refractivity (Wildman–Crippen MR) is 54.4 cm³/mol. The van der Waals surface area contributed by atoms with Crippen molar-refractivity contribution in [1.82, 2.24) is 0 Å². The van der Waals surface area contributed by atoms with E-state index in [0.29, 0.717) is 5.56 Å². The molecule has 1 rings (SSSR count). The highest BCUT2D eigenvalue weighted by Crippen LogP contribution is 2.03. The molecular formula is C9H10ClNO3. The van der Waals surface area contributed by atoms with Gasteiger partial charge in [0.2, 0.25) is 0 Å². The van der Waals surface area contributed by atoms with Gasteiger partial charge >= 0.3 is 5.97 Å². The molecule has 0 spiro atoms. The van der Waals surface area contributed by atoms with E-state index in [-0.39, 0.29) is 18.4 Å². The fourth-order valence-corrected chi connectivity index (χ4v) is 0.890. The predicted octanol–water partition coefficient (Wildman–Crippen LogP) is 1.70. The fourth-order valence-electron chi connectivity index (χ4n) is 0.890. The lowest BCUT2D eigenvalue weighted by atomic mass is 10.1. The summed E-state index contributed by atoms with van der Waals surface area (Å²) in [4.78, 5) is 11.0. The molecule has 4 nitrogen and oxygen atoms in total. The van der Waals surface area contributed by atoms with Crippen molar-refractivity contribution in [2.75, 3.05) is 7.11 Å². The van der Waals surface area contributed by atoms with Crippen LogP contribution in [0.2, 0.25) is 0 Å². The molecule has 0 saturated carbocycles. The number of rotatable bonds is 2. The number of oxime groups is 1. The number of esters is 1. The molecule has 0 heterocycles. The van der Waals surface area contributed by atoms with E-state index >= 15 is 0 Å². The van der Waals surface area contributed by atoms with Crippen LogP contribution in [0.15, 0.2) is 29.4 Å². The van der Waals surface area contributed by atoms with Crippen LogP contribution in [0.1, 0.15) is 15.9 Å². The van der Waals surface area contributed by atoms with Gasteiger partial charge in [-0.3, -0.25) is 0 Å². The maximum atomic E-state index is 11.0. The Bertz CT molecular complexity index is 321. The monoisotopic (exact) mass is 215 g/mol. The van der Waals surface area contributed by atoms with Gasteiger partial charge in [-0.1, -0.05) is 17.3 Å². The summed E-state index contributed by atoms with van der Waals surface area (Å²) in [7, 11) is 1.32. The number of carbonyl (C=O) groups excluding carboxylic acids is 1. The summed E-state index contributed by atoms with van der Waals surface area (Å²) in [6, 6.07) is 6.52. The zero-order valence-corrected chi connectivity index (χ0v) is 8.32. The smallest absolute Gasteiger partial charge is 0.337 e. The van der Waals surface area contributed by atoms with Crippen molar-refractivity contribution in [3.05, 3.63) is 35.4 Å². The highest BCUT2D eigenvalue weighted by Gasteiger charge is 2.02. The summed E-state index contributed by atoms with van der Waals surface area (Å²) < 4.78 is 4.51. The van der Waals surface area contributed by atoms with Crippen molar-refractivity contribution in [2.45, 2.75) is 0 Å². The minimum atomic E-state index is -0.382. The molecule has 0 unspecified atom stereocenters. The number of benzene rings is 1. The molecule has 0 aromatic heterocycles. The molecule has 0 aliphatic carbocycles. The summed E-state index contributed by atoms with van der Waals surface area (Å²) in [6.07, 6.45) is 1.28. The van der Waals surface area contributed by atoms with Crippen molar-refractivity contribution in [3.8, 4) is 0 Å². The zero-order chi connectivity index (χ0) is 9.68. The molecule has 0 bridgehead atoms. The van der Waals surface area contributed by atoms with E-state index in [0.717, 1.165) is 5.56 Å². The fraction of sp³-hybridized carbons (Fsp3) is 0.111. The third kappa shape index (κ3) is 3.06. The molecular weight excluding hydrogens is 206 g/mol. The van der Waals surface area contributed by atoms with E-state index in [9.17, 15) is 4.79 Å². The van der Waals surface area contributed by atoms with Gasteiger partial charge in [-0.2, -0.15) is 0 Å². The van der Waals surface area contributed by atoms with E-state index in [4.69, 9.17) is 5.21 Å². The third-order valence-electron chi connectivity index (χ3n) is 1.54. The van der Waals surface area contributed by atoms with Gasteiger partial charge in [-0.15, -0.1) is 12.4 Å². The molecule has 0 saturated heterocycles. The number of hydrogen-bond donors (Lipinski definition) is 1. The van der Waals surface area contributed by atoms with Crippen LogP contribution < -0.4 is 0 Å². The van der Waals surface area contributed by atoms with E-state index < -0.39 is 0 Å². The molecule has 76 valence electrons. The number of methoxy groups -OCH3 is 1. The van der Waals surface area contributed by atoms with Gasteiger partial charge < -0.3 is 9.94 Å². The first-order chi connectivity index (χ1) is 6.27. The first-order valence-electron chi connectivity index (χ1n) is 3.63. The highest BCUT2D eigenvalue weighted by atomic mass is 35.5. The molecule has 1 N–H and O–H groups in total. The molecule has 5 heteroatoms. The zero-order valence-electron chi connectivity index (χ0n) is 7.51. The van der Waals surface area contributed by atoms with Crippen molar-refractivity contribution >= 4 is 24.6 Å². The van der Waals surface area contributed by atoms with Crippen LogP contribution in [-0.4, -0.2) is 24.5 Å². The first kappa shape index (κ1) is 12.4. The van der Waals surface area contributed by atoms with E-state index in [1.807, 2.05) is 0 Å². The van der Waals surface area contributed by atoms with Crippen LogP contribution in [0.3, 0.4) is 0 Å². The second kappa shape index (κ2) is 5.99. The van der Waals surface area contributed by atoms with Crippen molar-refractivity contribution in [2.24, 2.45) is 5.16 Å². The molecule has 0 aliphatic rings. The van der Waals surface area contributed by atoms with Crippen LogP contribution in [0.4, 0.5) is 0 Å².